The van der Waals surface area contributed by atoms with Crippen LogP contribution >= 0.6 is 12.4 Å². The van der Waals surface area contributed by atoms with Gasteiger partial charge in [-0.15, -0.1) is 12.4 Å². The van der Waals surface area contributed by atoms with Gasteiger partial charge in [0.2, 0.25) is 5.91 Å². The van der Waals surface area contributed by atoms with Gasteiger partial charge in [-0.25, -0.2) is 0 Å². The van der Waals surface area contributed by atoms with Crippen LogP contribution in [0.25, 0.3) is 0 Å². The van der Waals surface area contributed by atoms with Crippen molar-refractivity contribution in [2.24, 2.45) is 0 Å². The standard InChI is InChI=1S/C9H15F3N2O.ClH/c10-9(11,12)4-2-6-14-8(15)7-3-1-5-13-7;/h7,13H,1-6H2,(H,14,15);1H. The van der Waals surface area contributed by atoms with Gasteiger partial charge in [0.1, 0.15) is 0 Å². The van der Waals surface area contributed by atoms with Gasteiger partial charge < -0.3 is 10.6 Å². The molecule has 1 aliphatic rings. The molecule has 0 bridgehead atoms. The fraction of sp³-hybridized carbons (Fsp3) is 0.889. The Morgan fingerprint density at radius 3 is 2.62 bits per heavy atom. The molecule has 1 fully saturated rings. The highest BCUT2D eigenvalue weighted by atomic mass is 35.5. The summed E-state index contributed by atoms with van der Waals surface area (Å²) in [7, 11) is 0. The third kappa shape index (κ3) is 6.17. The summed E-state index contributed by atoms with van der Waals surface area (Å²) in [4.78, 5) is 11.3. The molecule has 0 aromatic heterocycles. The lowest BCUT2D eigenvalue weighted by Gasteiger charge is -2.11. The van der Waals surface area contributed by atoms with E-state index >= 15 is 0 Å². The molecule has 1 aliphatic heterocycles. The first-order valence-electron chi connectivity index (χ1n) is 5.07. The lowest BCUT2D eigenvalue weighted by molar-refractivity contribution is -0.136. The molecule has 1 atom stereocenters. The topological polar surface area (TPSA) is 41.1 Å². The maximum absolute atomic E-state index is 11.8. The maximum atomic E-state index is 11.8. The van der Waals surface area contributed by atoms with Gasteiger partial charge in [0.25, 0.3) is 0 Å². The van der Waals surface area contributed by atoms with E-state index in [1.54, 1.807) is 0 Å². The number of amides is 1. The van der Waals surface area contributed by atoms with E-state index in [1.165, 1.54) is 0 Å². The molecule has 0 aromatic carbocycles. The second-order valence-corrected chi connectivity index (χ2v) is 3.66. The fourth-order valence-electron chi connectivity index (χ4n) is 1.53. The monoisotopic (exact) mass is 260 g/mol. The van der Waals surface area contributed by atoms with Gasteiger partial charge in [0.05, 0.1) is 6.04 Å². The van der Waals surface area contributed by atoms with Crippen LogP contribution < -0.4 is 10.6 Å². The molecule has 1 amide bonds. The average molecular weight is 261 g/mol. The second-order valence-electron chi connectivity index (χ2n) is 3.66. The van der Waals surface area contributed by atoms with Crippen LogP contribution in [0.3, 0.4) is 0 Å². The van der Waals surface area contributed by atoms with Gasteiger partial charge in [-0.2, -0.15) is 13.2 Å². The highest BCUT2D eigenvalue weighted by molar-refractivity contribution is 5.85. The highest BCUT2D eigenvalue weighted by Gasteiger charge is 2.26. The van der Waals surface area contributed by atoms with Crippen molar-refractivity contribution >= 4 is 18.3 Å². The first kappa shape index (κ1) is 15.5. The van der Waals surface area contributed by atoms with E-state index in [1.807, 2.05) is 0 Å². The van der Waals surface area contributed by atoms with Crippen molar-refractivity contribution in [3.8, 4) is 0 Å². The summed E-state index contributed by atoms with van der Waals surface area (Å²) in [6.45, 7) is 0.900. The zero-order chi connectivity index (χ0) is 11.3. The largest absolute Gasteiger partial charge is 0.389 e. The Morgan fingerprint density at radius 2 is 2.12 bits per heavy atom. The number of hydrogen-bond acceptors (Lipinski definition) is 2. The van der Waals surface area contributed by atoms with Crippen LogP contribution in [-0.4, -0.2) is 31.2 Å². The van der Waals surface area contributed by atoms with Crippen LogP contribution in [0.15, 0.2) is 0 Å². The van der Waals surface area contributed by atoms with Gasteiger partial charge in [-0.3, -0.25) is 4.79 Å². The number of alkyl halides is 3. The van der Waals surface area contributed by atoms with Crippen molar-refractivity contribution in [1.82, 2.24) is 10.6 Å². The predicted octanol–water partition coefficient (Wildman–Crippen LogP) is 1.62. The van der Waals surface area contributed by atoms with Crippen LogP contribution in [0.1, 0.15) is 25.7 Å². The van der Waals surface area contributed by atoms with Gasteiger partial charge in [-0.05, 0) is 25.8 Å². The zero-order valence-corrected chi connectivity index (χ0v) is 9.59. The molecule has 1 saturated heterocycles. The number of hydrogen-bond donors (Lipinski definition) is 2. The summed E-state index contributed by atoms with van der Waals surface area (Å²) >= 11 is 0. The summed E-state index contributed by atoms with van der Waals surface area (Å²) < 4.78 is 35.3. The Labute approximate surface area is 98.6 Å². The van der Waals surface area contributed by atoms with Crippen LogP contribution in [0.4, 0.5) is 13.2 Å². The van der Waals surface area contributed by atoms with E-state index in [0.717, 1.165) is 19.4 Å². The van der Waals surface area contributed by atoms with Crippen molar-refractivity contribution in [1.29, 1.82) is 0 Å². The molecule has 0 spiro atoms. The summed E-state index contributed by atoms with van der Waals surface area (Å²) in [5, 5.41) is 5.47. The molecule has 0 saturated carbocycles. The molecule has 1 rings (SSSR count). The third-order valence-electron chi connectivity index (χ3n) is 2.31. The van der Waals surface area contributed by atoms with Crippen LogP contribution in [0, 0.1) is 0 Å². The molecule has 0 aromatic rings. The molecule has 0 radical (unpaired) electrons. The Kier molecular flexibility index (Phi) is 6.74. The van der Waals surface area contributed by atoms with Crippen LogP contribution in [0.2, 0.25) is 0 Å². The van der Waals surface area contributed by atoms with Gasteiger partial charge >= 0.3 is 6.18 Å². The number of nitrogens with one attached hydrogen (secondary N) is 2. The minimum absolute atomic E-state index is 0. The molecule has 7 heteroatoms. The predicted molar refractivity (Wildman–Crippen MR) is 56.6 cm³/mol. The Morgan fingerprint density at radius 1 is 1.44 bits per heavy atom. The average Bonchev–Trinajstić information content (AvgIpc) is 2.63. The van der Waals surface area contributed by atoms with Crippen LogP contribution in [0.5, 0.6) is 0 Å². The van der Waals surface area contributed by atoms with E-state index < -0.39 is 12.6 Å². The minimum Gasteiger partial charge on any atom is -0.355 e. The lowest BCUT2D eigenvalue weighted by Crippen LogP contribution is -2.40. The molecule has 3 nitrogen and oxygen atoms in total. The molecule has 16 heavy (non-hydrogen) atoms. The number of carbonyl (C=O) groups excluding carboxylic acids is 1. The molecule has 96 valence electrons. The molecule has 1 heterocycles. The SMILES string of the molecule is Cl.O=C(NCCCC(F)(F)F)C1CCCN1. The normalized spacial score (nSPS) is 20.3. The highest BCUT2D eigenvalue weighted by Crippen LogP contribution is 2.20. The lowest BCUT2D eigenvalue weighted by atomic mass is 10.2. The van der Waals surface area contributed by atoms with Crippen LogP contribution in [-0.2, 0) is 4.79 Å². The van der Waals surface area contributed by atoms with E-state index in [4.69, 9.17) is 0 Å². The van der Waals surface area contributed by atoms with Crippen molar-refractivity contribution in [2.75, 3.05) is 13.1 Å². The van der Waals surface area contributed by atoms with Crippen molar-refractivity contribution < 1.29 is 18.0 Å². The Bertz CT molecular complexity index is 217. The first-order valence-corrected chi connectivity index (χ1v) is 5.07. The number of halogens is 4. The summed E-state index contributed by atoms with van der Waals surface area (Å²) in [6.07, 6.45) is -3.31. The number of rotatable bonds is 4. The van der Waals surface area contributed by atoms with E-state index in [-0.39, 0.29) is 37.3 Å². The molecular formula is C9H16ClF3N2O. The molecule has 1 unspecified atom stereocenters. The van der Waals surface area contributed by atoms with E-state index in [9.17, 15) is 18.0 Å². The van der Waals surface area contributed by atoms with Crippen molar-refractivity contribution in [3.63, 3.8) is 0 Å². The zero-order valence-electron chi connectivity index (χ0n) is 8.77. The van der Waals surface area contributed by atoms with E-state index in [2.05, 4.69) is 10.6 Å². The first-order chi connectivity index (χ1) is 6.99. The summed E-state index contributed by atoms with van der Waals surface area (Å²) in [6, 6.07) is -0.212. The maximum Gasteiger partial charge on any atom is 0.389 e. The fourth-order valence-corrected chi connectivity index (χ4v) is 1.53. The smallest absolute Gasteiger partial charge is 0.355 e. The third-order valence-corrected chi connectivity index (χ3v) is 2.31. The molecular weight excluding hydrogens is 245 g/mol. The van der Waals surface area contributed by atoms with Gasteiger partial charge in [0.15, 0.2) is 0 Å². The second kappa shape index (κ2) is 6.96. The summed E-state index contributed by atoms with van der Waals surface area (Å²) in [5.74, 6) is -0.185. The van der Waals surface area contributed by atoms with Gasteiger partial charge in [0, 0.05) is 13.0 Å². The minimum atomic E-state index is -4.13. The van der Waals surface area contributed by atoms with Crippen molar-refractivity contribution in [3.05, 3.63) is 0 Å². The molecule has 0 aliphatic carbocycles. The quantitative estimate of drug-likeness (QED) is 0.754. The summed E-state index contributed by atoms with van der Waals surface area (Å²) in [5.41, 5.74) is 0. The number of carbonyl (C=O) groups is 1. The van der Waals surface area contributed by atoms with Gasteiger partial charge in [-0.1, -0.05) is 0 Å². The Hall–Kier alpha value is -0.490. The van der Waals surface area contributed by atoms with E-state index in [0.29, 0.717) is 0 Å². The molecule has 2 N–H and O–H groups in total. The Balaban J connectivity index is 0.00000225. The van der Waals surface area contributed by atoms with Crippen molar-refractivity contribution in [2.45, 2.75) is 37.9 Å².